The summed E-state index contributed by atoms with van der Waals surface area (Å²) in [5.41, 5.74) is 11.1. The Hall–Kier alpha value is -4.51. The zero-order valence-electron chi connectivity index (χ0n) is 24.8. The number of benzene rings is 4. The maximum absolute atomic E-state index is 6.52. The minimum Gasteiger partial charge on any atom is -0.503 e. The van der Waals surface area contributed by atoms with Crippen LogP contribution in [0.3, 0.4) is 0 Å². The molecule has 2 aliphatic heterocycles. The van der Waals surface area contributed by atoms with Gasteiger partial charge in [0.2, 0.25) is 6.71 Å². The average molecular weight is 761 g/mol. The molecule has 0 atom stereocenters. The van der Waals surface area contributed by atoms with E-state index in [4.69, 9.17) is 14.5 Å². The van der Waals surface area contributed by atoms with Crippen LogP contribution in [0.4, 0.5) is 0 Å². The third-order valence-corrected chi connectivity index (χ3v) is 8.60. The molecule has 9 rings (SSSR count). The SMILES string of the molecule is Cc1ccc(-c2[c-]cccc2)nc1.[Ir].[c-]1ccc2c(c1-c1ccc3c(n1)CCCC3)Oc1cccc3c1B2c1ccccc1O3. The van der Waals surface area contributed by atoms with Gasteiger partial charge in [-0.25, -0.2) is 0 Å². The summed E-state index contributed by atoms with van der Waals surface area (Å²) in [4.78, 5) is 9.36. The topological polar surface area (TPSA) is 44.2 Å². The van der Waals surface area contributed by atoms with Gasteiger partial charge in [-0.2, -0.15) is 0 Å². The van der Waals surface area contributed by atoms with Crippen molar-refractivity contribution in [1.82, 2.24) is 9.97 Å². The molecule has 2 aromatic heterocycles. The average Bonchev–Trinajstić information content (AvgIpc) is 3.09. The maximum atomic E-state index is 6.52. The minimum absolute atomic E-state index is 0. The summed E-state index contributed by atoms with van der Waals surface area (Å²) in [7, 11) is 0. The summed E-state index contributed by atoms with van der Waals surface area (Å²) in [6.07, 6.45) is 6.53. The Morgan fingerprint density at radius 3 is 2.33 bits per heavy atom. The van der Waals surface area contributed by atoms with Gasteiger partial charge in [0, 0.05) is 43.2 Å². The summed E-state index contributed by atoms with van der Waals surface area (Å²) in [6.45, 7) is 2.11. The van der Waals surface area contributed by atoms with E-state index < -0.39 is 0 Å². The molecule has 4 aromatic carbocycles. The van der Waals surface area contributed by atoms with Crippen LogP contribution in [0.1, 0.15) is 29.7 Å². The van der Waals surface area contributed by atoms with Crippen molar-refractivity contribution in [2.75, 3.05) is 0 Å². The molecule has 0 N–H and O–H groups in total. The molecule has 4 heterocycles. The van der Waals surface area contributed by atoms with E-state index in [2.05, 4.69) is 53.5 Å². The number of aromatic nitrogens is 2. The normalized spacial score (nSPS) is 13.2. The van der Waals surface area contributed by atoms with Crippen LogP contribution >= 0.6 is 0 Å². The second-order valence-corrected chi connectivity index (χ2v) is 11.5. The van der Waals surface area contributed by atoms with E-state index in [1.807, 2.05) is 79.9 Å². The summed E-state index contributed by atoms with van der Waals surface area (Å²) < 4.78 is 12.7. The molecular formula is C39H29BIrN2O2-2. The van der Waals surface area contributed by atoms with E-state index in [1.165, 1.54) is 35.1 Å². The smallest absolute Gasteiger partial charge is 0.241 e. The van der Waals surface area contributed by atoms with Crippen molar-refractivity contribution < 1.29 is 29.6 Å². The van der Waals surface area contributed by atoms with Crippen LogP contribution in [0, 0.1) is 19.1 Å². The molecule has 1 aliphatic carbocycles. The molecule has 0 unspecified atom stereocenters. The predicted octanol–water partition coefficient (Wildman–Crippen LogP) is 7.01. The molecule has 0 saturated carbocycles. The van der Waals surface area contributed by atoms with Crippen molar-refractivity contribution in [3.8, 4) is 45.5 Å². The largest absolute Gasteiger partial charge is 0.503 e. The number of rotatable bonds is 2. The summed E-state index contributed by atoms with van der Waals surface area (Å²) in [6, 6.07) is 41.4. The van der Waals surface area contributed by atoms with Crippen molar-refractivity contribution in [3.63, 3.8) is 0 Å². The van der Waals surface area contributed by atoms with Crippen LogP contribution in [-0.2, 0) is 32.9 Å². The summed E-state index contributed by atoms with van der Waals surface area (Å²) in [5, 5.41) is 0. The fourth-order valence-corrected chi connectivity index (χ4v) is 6.43. The van der Waals surface area contributed by atoms with Gasteiger partial charge in [-0.3, -0.25) is 0 Å². The monoisotopic (exact) mass is 761 g/mol. The Morgan fingerprint density at radius 1 is 0.689 bits per heavy atom. The third kappa shape index (κ3) is 5.50. The van der Waals surface area contributed by atoms with Gasteiger partial charge in [0.15, 0.2) is 0 Å². The van der Waals surface area contributed by atoms with Crippen LogP contribution in [0.2, 0.25) is 0 Å². The quantitative estimate of drug-likeness (QED) is 0.141. The van der Waals surface area contributed by atoms with Crippen LogP contribution in [0.5, 0.6) is 23.0 Å². The molecule has 0 fully saturated rings. The Labute approximate surface area is 277 Å². The first-order valence-electron chi connectivity index (χ1n) is 15.2. The van der Waals surface area contributed by atoms with Crippen molar-refractivity contribution in [2.45, 2.75) is 32.6 Å². The summed E-state index contributed by atoms with van der Waals surface area (Å²) >= 11 is 0. The standard InChI is InChI=1S/C27H19BNO2.C12H10N.Ir/c1-3-11-21-17(7-1)15-16-22(29-21)18-8-5-10-20-27(18)31-25-14-6-13-24-26(25)28(20)19-9-2-4-12-23(19)30-24;1-10-7-8-12(13-9-10)11-5-3-2-4-6-11;/h2,4-6,9-10,12-16H,1,3,7,11H2;2-5,7-9H,1H3;/q2*-1;. The van der Waals surface area contributed by atoms with Gasteiger partial charge in [-0.1, -0.05) is 54.1 Å². The molecule has 4 nitrogen and oxygen atoms in total. The van der Waals surface area contributed by atoms with E-state index in [0.717, 1.165) is 69.3 Å². The summed E-state index contributed by atoms with van der Waals surface area (Å²) in [5.74, 6) is 3.49. The van der Waals surface area contributed by atoms with Crippen molar-refractivity contribution >= 4 is 23.1 Å². The zero-order chi connectivity index (χ0) is 29.5. The van der Waals surface area contributed by atoms with E-state index >= 15 is 0 Å². The number of hydrogen-bond acceptors (Lipinski definition) is 4. The Morgan fingerprint density at radius 2 is 1.49 bits per heavy atom. The molecule has 221 valence electrons. The van der Waals surface area contributed by atoms with Gasteiger partial charge in [0.1, 0.15) is 17.2 Å². The molecule has 0 spiro atoms. The first kappa shape index (κ1) is 29.2. The number of aryl methyl sites for hydroxylation is 3. The van der Waals surface area contributed by atoms with Gasteiger partial charge in [0.25, 0.3) is 0 Å². The minimum atomic E-state index is 0. The van der Waals surface area contributed by atoms with Crippen molar-refractivity contribution in [1.29, 1.82) is 0 Å². The van der Waals surface area contributed by atoms with Crippen LogP contribution in [0.25, 0.3) is 22.5 Å². The van der Waals surface area contributed by atoms with E-state index in [9.17, 15) is 0 Å². The van der Waals surface area contributed by atoms with Gasteiger partial charge in [-0.15, -0.1) is 59.6 Å². The fraction of sp³-hybridized carbons (Fsp3) is 0.128. The molecular weight excluding hydrogens is 731 g/mol. The second kappa shape index (κ2) is 12.5. The van der Waals surface area contributed by atoms with E-state index in [-0.39, 0.29) is 26.8 Å². The van der Waals surface area contributed by atoms with Crippen LogP contribution in [-0.4, -0.2) is 16.7 Å². The predicted molar refractivity (Wildman–Crippen MR) is 176 cm³/mol. The molecule has 3 aliphatic rings. The molecule has 6 heteroatoms. The van der Waals surface area contributed by atoms with Gasteiger partial charge in [-0.05, 0) is 78.8 Å². The Bertz CT molecular complexity index is 2000. The fourth-order valence-electron chi connectivity index (χ4n) is 6.43. The van der Waals surface area contributed by atoms with Gasteiger partial charge >= 0.3 is 0 Å². The van der Waals surface area contributed by atoms with E-state index in [1.54, 1.807) is 0 Å². The number of nitrogens with zero attached hydrogens (tertiary/aromatic N) is 2. The second-order valence-electron chi connectivity index (χ2n) is 11.5. The number of ether oxygens (including phenoxy) is 2. The molecule has 0 bridgehead atoms. The zero-order valence-corrected chi connectivity index (χ0v) is 27.2. The first-order valence-corrected chi connectivity index (χ1v) is 15.2. The van der Waals surface area contributed by atoms with Crippen LogP contribution < -0.4 is 25.9 Å². The first-order chi connectivity index (χ1) is 21.7. The molecule has 6 aromatic rings. The Kier molecular flexibility index (Phi) is 8.10. The molecule has 0 saturated heterocycles. The van der Waals surface area contributed by atoms with E-state index in [0.29, 0.717) is 0 Å². The number of para-hydroxylation sites is 1. The maximum Gasteiger partial charge on any atom is 0.241 e. The van der Waals surface area contributed by atoms with Crippen LogP contribution in [0.15, 0.2) is 109 Å². The van der Waals surface area contributed by atoms with Gasteiger partial charge < -0.3 is 19.4 Å². The Balaban J connectivity index is 0.000000196. The molecule has 45 heavy (non-hydrogen) atoms. The molecule has 0 amide bonds. The number of pyridine rings is 2. The third-order valence-electron chi connectivity index (χ3n) is 8.60. The van der Waals surface area contributed by atoms with Gasteiger partial charge in [0.05, 0.1) is 0 Å². The van der Waals surface area contributed by atoms with Crippen molar-refractivity contribution in [2.24, 2.45) is 0 Å². The number of fused-ring (bicyclic) bond motifs is 5. The number of hydrogen-bond donors (Lipinski definition) is 0. The molecule has 1 radical (unpaired) electrons. The van der Waals surface area contributed by atoms with Crippen molar-refractivity contribution in [3.05, 3.63) is 138 Å².